The second kappa shape index (κ2) is 4.25. The second-order valence-corrected chi connectivity index (χ2v) is 5.45. The third kappa shape index (κ3) is 1.95. The molecule has 0 unspecified atom stereocenters. The van der Waals surface area contributed by atoms with Crippen LogP contribution in [-0.2, 0) is 18.9 Å². The molecule has 0 saturated carbocycles. The number of hydrogen-bond acceptors (Lipinski definition) is 2. The molecule has 2 aromatic rings. The van der Waals surface area contributed by atoms with E-state index in [0.29, 0.717) is 0 Å². The Labute approximate surface area is 108 Å². The monoisotopic (exact) mass is 241 g/mol. The van der Waals surface area contributed by atoms with Crippen LogP contribution in [-0.4, -0.2) is 22.9 Å². The normalized spacial score (nSPS) is 17.4. The van der Waals surface area contributed by atoms with E-state index in [1.807, 2.05) is 17.9 Å². The molecule has 3 heteroatoms. The van der Waals surface area contributed by atoms with Gasteiger partial charge in [-0.3, -0.25) is 4.68 Å². The van der Waals surface area contributed by atoms with Gasteiger partial charge in [0.15, 0.2) is 0 Å². The highest BCUT2D eigenvalue weighted by atomic mass is 15.2. The largest absolute Gasteiger partial charge is 0.315 e. The van der Waals surface area contributed by atoms with Crippen molar-refractivity contribution in [3.8, 4) is 0 Å². The van der Waals surface area contributed by atoms with Crippen molar-refractivity contribution in [2.45, 2.75) is 18.8 Å². The Bertz CT molecular complexity index is 552. The summed E-state index contributed by atoms with van der Waals surface area (Å²) in [7, 11) is 1.97. The molecular weight excluding hydrogens is 222 g/mol. The summed E-state index contributed by atoms with van der Waals surface area (Å²) < 4.78 is 1.88. The number of benzene rings is 1. The van der Waals surface area contributed by atoms with Gasteiger partial charge in [-0.05, 0) is 24.5 Å². The SMILES string of the molecule is Cc1cccc(C2(Cc3cnn(C)c3)CNC2)c1. The quantitative estimate of drug-likeness (QED) is 0.888. The van der Waals surface area contributed by atoms with Gasteiger partial charge < -0.3 is 5.32 Å². The number of nitrogens with zero attached hydrogens (tertiary/aromatic N) is 2. The fraction of sp³-hybridized carbons (Fsp3) is 0.400. The zero-order valence-corrected chi connectivity index (χ0v) is 11.0. The molecule has 1 saturated heterocycles. The molecular formula is C15H19N3. The first-order chi connectivity index (χ1) is 8.68. The van der Waals surface area contributed by atoms with Crippen molar-refractivity contribution >= 4 is 0 Å². The highest BCUT2D eigenvalue weighted by Gasteiger charge is 2.38. The minimum atomic E-state index is 0.259. The molecule has 0 spiro atoms. The fourth-order valence-electron chi connectivity index (χ4n) is 2.79. The minimum Gasteiger partial charge on any atom is -0.315 e. The lowest BCUT2D eigenvalue weighted by atomic mass is 9.71. The van der Waals surface area contributed by atoms with Gasteiger partial charge >= 0.3 is 0 Å². The van der Waals surface area contributed by atoms with Crippen molar-refractivity contribution in [2.75, 3.05) is 13.1 Å². The van der Waals surface area contributed by atoms with E-state index in [0.717, 1.165) is 19.5 Å². The van der Waals surface area contributed by atoms with E-state index < -0.39 is 0 Å². The summed E-state index contributed by atoms with van der Waals surface area (Å²) in [4.78, 5) is 0. The number of aromatic nitrogens is 2. The van der Waals surface area contributed by atoms with Crippen LogP contribution in [0.2, 0.25) is 0 Å². The Balaban J connectivity index is 1.90. The molecule has 0 aliphatic carbocycles. The maximum Gasteiger partial charge on any atom is 0.0521 e. The van der Waals surface area contributed by atoms with Crippen LogP contribution < -0.4 is 5.32 Å². The number of hydrogen-bond donors (Lipinski definition) is 1. The van der Waals surface area contributed by atoms with E-state index in [9.17, 15) is 0 Å². The molecule has 1 aliphatic rings. The lowest BCUT2D eigenvalue weighted by molar-refractivity contribution is 0.274. The Hall–Kier alpha value is -1.61. The summed E-state index contributed by atoms with van der Waals surface area (Å²) in [5.74, 6) is 0. The second-order valence-electron chi connectivity index (χ2n) is 5.45. The van der Waals surface area contributed by atoms with Gasteiger partial charge in [-0.25, -0.2) is 0 Å². The van der Waals surface area contributed by atoms with Crippen molar-refractivity contribution < 1.29 is 0 Å². The van der Waals surface area contributed by atoms with Gasteiger partial charge in [0.25, 0.3) is 0 Å². The standard InChI is InChI=1S/C15H19N3/c1-12-4-3-5-14(6-12)15(10-16-11-15)7-13-8-17-18(2)9-13/h3-6,8-9,16H,7,10-11H2,1-2H3. The van der Waals surface area contributed by atoms with E-state index in [1.165, 1.54) is 16.7 Å². The van der Waals surface area contributed by atoms with E-state index in [4.69, 9.17) is 0 Å². The molecule has 3 nitrogen and oxygen atoms in total. The van der Waals surface area contributed by atoms with Crippen molar-refractivity contribution in [1.29, 1.82) is 0 Å². The van der Waals surface area contributed by atoms with Crippen LogP contribution in [0.3, 0.4) is 0 Å². The number of rotatable bonds is 3. The molecule has 1 aliphatic heterocycles. The van der Waals surface area contributed by atoms with Crippen LogP contribution in [0.1, 0.15) is 16.7 Å². The minimum absolute atomic E-state index is 0.259. The van der Waals surface area contributed by atoms with Crippen molar-refractivity contribution in [3.63, 3.8) is 0 Å². The molecule has 1 fully saturated rings. The van der Waals surface area contributed by atoms with Gasteiger partial charge in [0.1, 0.15) is 0 Å². The Morgan fingerprint density at radius 2 is 2.22 bits per heavy atom. The average molecular weight is 241 g/mol. The molecule has 1 aromatic heterocycles. The predicted molar refractivity (Wildman–Crippen MR) is 72.6 cm³/mol. The zero-order valence-electron chi connectivity index (χ0n) is 11.0. The molecule has 1 N–H and O–H groups in total. The summed E-state index contributed by atoms with van der Waals surface area (Å²) >= 11 is 0. The third-order valence-corrected chi connectivity index (χ3v) is 3.86. The first-order valence-corrected chi connectivity index (χ1v) is 6.43. The molecule has 0 atom stereocenters. The summed E-state index contributed by atoms with van der Waals surface area (Å²) in [6.45, 7) is 4.28. The molecule has 18 heavy (non-hydrogen) atoms. The van der Waals surface area contributed by atoms with E-state index >= 15 is 0 Å². The highest BCUT2D eigenvalue weighted by molar-refractivity contribution is 5.35. The van der Waals surface area contributed by atoms with E-state index in [-0.39, 0.29) is 5.41 Å². The summed E-state index contributed by atoms with van der Waals surface area (Å²) in [5, 5.41) is 7.69. The van der Waals surface area contributed by atoms with Crippen molar-refractivity contribution in [1.82, 2.24) is 15.1 Å². The maximum atomic E-state index is 4.27. The van der Waals surface area contributed by atoms with Gasteiger partial charge in [0.05, 0.1) is 6.20 Å². The van der Waals surface area contributed by atoms with Gasteiger partial charge in [-0.1, -0.05) is 29.8 Å². The van der Waals surface area contributed by atoms with E-state index in [1.54, 1.807) is 0 Å². The number of nitrogens with one attached hydrogen (secondary N) is 1. The van der Waals surface area contributed by atoms with Crippen LogP contribution in [0.4, 0.5) is 0 Å². The van der Waals surface area contributed by atoms with Gasteiger partial charge in [0, 0.05) is 31.7 Å². The zero-order chi connectivity index (χ0) is 12.6. The van der Waals surface area contributed by atoms with Crippen LogP contribution in [0.5, 0.6) is 0 Å². The van der Waals surface area contributed by atoms with Crippen LogP contribution in [0.15, 0.2) is 36.7 Å². The summed E-state index contributed by atoms with van der Waals surface area (Å²) in [6.07, 6.45) is 5.17. The van der Waals surface area contributed by atoms with Crippen LogP contribution in [0.25, 0.3) is 0 Å². The smallest absolute Gasteiger partial charge is 0.0521 e. The summed E-state index contributed by atoms with van der Waals surface area (Å²) in [5.41, 5.74) is 4.37. The van der Waals surface area contributed by atoms with Gasteiger partial charge in [0.2, 0.25) is 0 Å². The lowest BCUT2D eigenvalue weighted by Gasteiger charge is -2.43. The number of aryl methyl sites for hydroxylation is 2. The maximum absolute atomic E-state index is 4.27. The highest BCUT2D eigenvalue weighted by Crippen LogP contribution is 2.32. The fourth-order valence-corrected chi connectivity index (χ4v) is 2.79. The Morgan fingerprint density at radius 1 is 1.39 bits per heavy atom. The first kappa shape index (κ1) is 11.5. The van der Waals surface area contributed by atoms with Crippen molar-refractivity contribution in [2.24, 2.45) is 7.05 Å². The van der Waals surface area contributed by atoms with Gasteiger partial charge in [-0.15, -0.1) is 0 Å². The molecule has 3 rings (SSSR count). The molecule has 2 heterocycles. The molecule has 94 valence electrons. The lowest BCUT2D eigenvalue weighted by Crippen LogP contribution is -2.58. The van der Waals surface area contributed by atoms with Gasteiger partial charge in [-0.2, -0.15) is 5.10 Å². The molecule has 0 radical (unpaired) electrons. The predicted octanol–water partition coefficient (Wildman–Crippen LogP) is 1.81. The third-order valence-electron chi connectivity index (χ3n) is 3.86. The van der Waals surface area contributed by atoms with Crippen LogP contribution >= 0.6 is 0 Å². The molecule has 0 bridgehead atoms. The van der Waals surface area contributed by atoms with E-state index in [2.05, 4.69) is 47.8 Å². The first-order valence-electron chi connectivity index (χ1n) is 6.43. The Morgan fingerprint density at radius 3 is 2.78 bits per heavy atom. The molecule has 1 aromatic carbocycles. The van der Waals surface area contributed by atoms with Crippen LogP contribution in [0, 0.1) is 6.92 Å². The summed E-state index contributed by atoms with van der Waals surface area (Å²) in [6, 6.07) is 8.89. The average Bonchev–Trinajstić information content (AvgIpc) is 2.69. The Kier molecular flexibility index (Phi) is 2.71. The van der Waals surface area contributed by atoms with Crippen molar-refractivity contribution in [3.05, 3.63) is 53.3 Å². The molecule has 0 amide bonds. The topological polar surface area (TPSA) is 29.9 Å².